The van der Waals surface area contributed by atoms with Crippen molar-refractivity contribution in [3.8, 4) is 6.07 Å². The predicted octanol–water partition coefficient (Wildman–Crippen LogP) is -0.0151. The number of carbonyl (C=O) groups excluding carboxylic acids is 1. The van der Waals surface area contributed by atoms with Crippen LogP contribution >= 0.6 is 0 Å². The van der Waals surface area contributed by atoms with E-state index in [9.17, 15) is 4.79 Å². The fraction of sp³-hybridized carbons (Fsp3) is 0.750. The number of amides is 1. The normalized spacial score (nSPS) is 15.2. The highest BCUT2D eigenvalue weighted by Gasteiger charge is 2.19. The highest BCUT2D eigenvalue weighted by molar-refractivity contribution is 5.79. The van der Waals surface area contributed by atoms with Crippen molar-refractivity contribution in [2.75, 3.05) is 0 Å². The molecule has 0 bridgehead atoms. The summed E-state index contributed by atoms with van der Waals surface area (Å²) in [6, 6.07) is 1.40. The first-order valence-electron chi connectivity index (χ1n) is 3.93. The van der Waals surface area contributed by atoms with Gasteiger partial charge in [0.05, 0.1) is 18.0 Å². The third-order valence-corrected chi connectivity index (χ3v) is 1.84. The quantitative estimate of drug-likeness (QED) is 0.619. The molecule has 4 nitrogen and oxygen atoms in total. The van der Waals surface area contributed by atoms with Gasteiger partial charge in [-0.15, -0.1) is 0 Å². The molecule has 2 atom stereocenters. The van der Waals surface area contributed by atoms with E-state index in [0.29, 0.717) is 6.42 Å². The minimum atomic E-state index is -0.697. The zero-order valence-electron chi connectivity index (χ0n) is 7.45. The molecule has 0 aromatic rings. The Kier molecular flexibility index (Phi) is 4.30. The molecule has 0 aromatic heterocycles. The number of rotatable bonds is 4. The lowest BCUT2D eigenvalue weighted by atomic mass is 9.91. The van der Waals surface area contributed by atoms with Gasteiger partial charge >= 0.3 is 0 Å². The van der Waals surface area contributed by atoms with E-state index >= 15 is 0 Å². The van der Waals surface area contributed by atoms with Crippen molar-refractivity contribution in [2.24, 2.45) is 23.3 Å². The third-order valence-electron chi connectivity index (χ3n) is 1.84. The Bertz CT molecular complexity index is 195. The van der Waals surface area contributed by atoms with Crippen LogP contribution in [0.25, 0.3) is 0 Å². The molecule has 2 unspecified atom stereocenters. The summed E-state index contributed by atoms with van der Waals surface area (Å²) in [5.74, 6) is -0.524. The van der Waals surface area contributed by atoms with E-state index in [0.717, 1.165) is 0 Å². The van der Waals surface area contributed by atoms with Gasteiger partial charge in [0, 0.05) is 0 Å². The molecule has 0 heterocycles. The summed E-state index contributed by atoms with van der Waals surface area (Å²) in [5, 5.41) is 8.67. The van der Waals surface area contributed by atoms with Crippen molar-refractivity contribution in [2.45, 2.75) is 26.3 Å². The number of hydrogen-bond acceptors (Lipinski definition) is 3. The van der Waals surface area contributed by atoms with Gasteiger partial charge in [-0.1, -0.05) is 13.8 Å². The van der Waals surface area contributed by atoms with E-state index in [2.05, 4.69) is 6.07 Å². The molecule has 4 heteroatoms. The van der Waals surface area contributed by atoms with E-state index < -0.39 is 11.9 Å². The van der Waals surface area contributed by atoms with Crippen LogP contribution in [-0.4, -0.2) is 11.9 Å². The zero-order chi connectivity index (χ0) is 9.72. The fourth-order valence-electron chi connectivity index (χ4n) is 0.864. The van der Waals surface area contributed by atoms with Crippen LogP contribution in [0.3, 0.4) is 0 Å². The standard InChI is InChI=1S/C8H15N3O/c1-5(2)6(4-9)3-7(10)8(11)12/h5-7H,3,10H2,1-2H3,(H2,11,12). The summed E-state index contributed by atoms with van der Waals surface area (Å²) in [4.78, 5) is 10.6. The van der Waals surface area contributed by atoms with Gasteiger partial charge in [0.1, 0.15) is 0 Å². The fourth-order valence-corrected chi connectivity index (χ4v) is 0.864. The van der Waals surface area contributed by atoms with Crippen LogP contribution < -0.4 is 11.5 Å². The summed E-state index contributed by atoms with van der Waals surface area (Å²) in [7, 11) is 0. The van der Waals surface area contributed by atoms with Gasteiger partial charge in [0.25, 0.3) is 0 Å². The second-order valence-corrected chi connectivity index (χ2v) is 3.22. The second kappa shape index (κ2) is 4.73. The van der Waals surface area contributed by atoms with Crippen LogP contribution in [0.15, 0.2) is 0 Å². The number of hydrogen-bond donors (Lipinski definition) is 2. The Balaban J connectivity index is 4.05. The Labute approximate surface area is 72.5 Å². The molecule has 0 spiro atoms. The molecule has 68 valence electrons. The third kappa shape index (κ3) is 3.35. The molecule has 12 heavy (non-hydrogen) atoms. The van der Waals surface area contributed by atoms with Crippen LogP contribution in [0.4, 0.5) is 0 Å². The molecular formula is C8H15N3O. The van der Waals surface area contributed by atoms with Crippen molar-refractivity contribution in [1.29, 1.82) is 5.26 Å². The molecule has 1 amide bonds. The van der Waals surface area contributed by atoms with Gasteiger partial charge in [0.2, 0.25) is 5.91 Å². The maximum atomic E-state index is 10.6. The summed E-state index contributed by atoms with van der Waals surface area (Å²) in [6.45, 7) is 3.84. The molecule has 0 saturated heterocycles. The Morgan fingerprint density at radius 1 is 1.58 bits per heavy atom. The van der Waals surface area contributed by atoms with Gasteiger partial charge in [-0.05, 0) is 12.3 Å². The molecule has 0 fully saturated rings. The number of nitrogens with two attached hydrogens (primary N) is 2. The van der Waals surface area contributed by atoms with Crippen molar-refractivity contribution in [3.05, 3.63) is 0 Å². The van der Waals surface area contributed by atoms with Gasteiger partial charge < -0.3 is 11.5 Å². The van der Waals surface area contributed by atoms with E-state index in [1.165, 1.54) is 0 Å². The summed E-state index contributed by atoms with van der Waals surface area (Å²) in [6.07, 6.45) is 0.351. The summed E-state index contributed by atoms with van der Waals surface area (Å²) in [5.41, 5.74) is 10.4. The van der Waals surface area contributed by atoms with Crippen molar-refractivity contribution < 1.29 is 4.79 Å². The highest BCUT2D eigenvalue weighted by Crippen LogP contribution is 2.14. The molecule has 0 saturated carbocycles. The van der Waals surface area contributed by atoms with E-state index in [-0.39, 0.29) is 11.8 Å². The average molecular weight is 169 g/mol. The van der Waals surface area contributed by atoms with Crippen LogP contribution in [0.5, 0.6) is 0 Å². The Hall–Kier alpha value is -1.08. The molecule has 4 N–H and O–H groups in total. The van der Waals surface area contributed by atoms with Crippen molar-refractivity contribution in [3.63, 3.8) is 0 Å². The molecule has 0 aliphatic carbocycles. The topological polar surface area (TPSA) is 92.9 Å². The number of carbonyl (C=O) groups is 1. The summed E-state index contributed by atoms with van der Waals surface area (Å²) < 4.78 is 0. The monoisotopic (exact) mass is 169 g/mol. The molecule has 0 rings (SSSR count). The average Bonchev–Trinajstić information content (AvgIpc) is 1.98. The maximum Gasteiger partial charge on any atom is 0.234 e. The lowest BCUT2D eigenvalue weighted by Crippen LogP contribution is -2.38. The van der Waals surface area contributed by atoms with Gasteiger partial charge in [-0.3, -0.25) is 4.79 Å². The summed E-state index contributed by atoms with van der Waals surface area (Å²) >= 11 is 0. The first-order chi connectivity index (χ1) is 5.49. The van der Waals surface area contributed by atoms with Crippen LogP contribution in [0.2, 0.25) is 0 Å². The van der Waals surface area contributed by atoms with Crippen LogP contribution in [-0.2, 0) is 4.79 Å². The van der Waals surface area contributed by atoms with Crippen molar-refractivity contribution >= 4 is 5.91 Å². The van der Waals surface area contributed by atoms with E-state index in [1.54, 1.807) is 0 Å². The van der Waals surface area contributed by atoms with E-state index in [4.69, 9.17) is 16.7 Å². The van der Waals surface area contributed by atoms with Crippen LogP contribution in [0, 0.1) is 23.2 Å². The number of nitriles is 1. The lowest BCUT2D eigenvalue weighted by molar-refractivity contribution is -0.119. The molecule has 0 aliphatic heterocycles. The first kappa shape index (κ1) is 10.9. The number of primary amides is 1. The largest absolute Gasteiger partial charge is 0.368 e. The molecule has 0 aromatic carbocycles. The second-order valence-electron chi connectivity index (χ2n) is 3.22. The van der Waals surface area contributed by atoms with Crippen LogP contribution in [0.1, 0.15) is 20.3 Å². The maximum absolute atomic E-state index is 10.6. The van der Waals surface area contributed by atoms with Gasteiger partial charge in [-0.2, -0.15) is 5.26 Å². The van der Waals surface area contributed by atoms with Crippen molar-refractivity contribution in [1.82, 2.24) is 0 Å². The minimum absolute atomic E-state index is 0.188. The number of nitrogens with zero attached hydrogens (tertiary/aromatic N) is 1. The first-order valence-corrected chi connectivity index (χ1v) is 3.93. The Morgan fingerprint density at radius 2 is 2.08 bits per heavy atom. The minimum Gasteiger partial charge on any atom is -0.368 e. The smallest absolute Gasteiger partial charge is 0.234 e. The predicted molar refractivity (Wildman–Crippen MR) is 45.7 cm³/mol. The lowest BCUT2D eigenvalue weighted by Gasteiger charge is -2.15. The highest BCUT2D eigenvalue weighted by atomic mass is 16.1. The zero-order valence-corrected chi connectivity index (χ0v) is 7.45. The molecule has 0 aliphatic rings. The molecule has 0 radical (unpaired) electrons. The van der Waals surface area contributed by atoms with Gasteiger partial charge in [-0.25, -0.2) is 0 Å². The van der Waals surface area contributed by atoms with E-state index in [1.807, 2.05) is 13.8 Å². The SMILES string of the molecule is CC(C)C(C#N)CC(N)C(N)=O. The Morgan fingerprint density at radius 3 is 2.33 bits per heavy atom. The molecular weight excluding hydrogens is 154 g/mol. The van der Waals surface area contributed by atoms with Gasteiger partial charge in [0.15, 0.2) is 0 Å².